The number of likely N-dealkylation sites (N-methyl/N-ethyl adjacent to an activating group) is 1. The molecule has 0 aliphatic heterocycles. The second-order valence-electron chi connectivity index (χ2n) is 5.91. The van der Waals surface area contributed by atoms with E-state index in [2.05, 4.69) is 82.8 Å². The fraction of sp³-hybridized carbons (Fsp3) is 0.368. The van der Waals surface area contributed by atoms with Crippen LogP contribution in [-0.4, -0.2) is 12.6 Å². The first kappa shape index (κ1) is 14.8. The first-order chi connectivity index (χ1) is 10.3. The minimum Gasteiger partial charge on any atom is -0.314 e. The van der Waals surface area contributed by atoms with Crippen LogP contribution in [0.2, 0.25) is 0 Å². The molecule has 2 heteroatoms. The molecule has 1 aliphatic carbocycles. The Hall–Kier alpha value is -1.12. The molecule has 1 saturated carbocycles. The fourth-order valence-corrected chi connectivity index (χ4v) is 3.74. The standard InChI is InChI=1S/C19H22BrN/c1-2-21-19(12-14-7-6-10-16(20)11-14)18-13-17(18)15-8-4-3-5-9-15/h3-11,17-19,21H,2,12-13H2,1H3. The Morgan fingerprint density at radius 1 is 1.14 bits per heavy atom. The summed E-state index contributed by atoms with van der Waals surface area (Å²) in [5, 5.41) is 3.70. The highest BCUT2D eigenvalue weighted by Gasteiger charge is 2.43. The van der Waals surface area contributed by atoms with Crippen molar-refractivity contribution in [3.8, 4) is 0 Å². The predicted molar refractivity (Wildman–Crippen MR) is 92.6 cm³/mol. The van der Waals surface area contributed by atoms with Crippen LogP contribution in [-0.2, 0) is 6.42 Å². The molecule has 0 bridgehead atoms. The summed E-state index contributed by atoms with van der Waals surface area (Å²) in [6.07, 6.45) is 2.43. The van der Waals surface area contributed by atoms with E-state index in [1.54, 1.807) is 0 Å². The third-order valence-corrected chi connectivity index (χ3v) is 4.89. The Bertz CT molecular complexity index is 581. The van der Waals surface area contributed by atoms with Gasteiger partial charge in [0.1, 0.15) is 0 Å². The maximum Gasteiger partial charge on any atom is 0.0178 e. The van der Waals surface area contributed by atoms with E-state index in [1.165, 1.54) is 22.0 Å². The molecule has 1 nitrogen and oxygen atoms in total. The van der Waals surface area contributed by atoms with Gasteiger partial charge in [-0.3, -0.25) is 0 Å². The molecule has 0 saturated heterocycles. The molecule has 0 heterocycles. The summed E-state index contributed by atoms with van der Waals surface area (Å²) in [4.78, 5) is 0. The SMILES string of the molecule is CCNC(Cc1cccc(Br)c1)C1CC1c1ccccc1. The Kier molecular flexibility index (Phi) is 4.77. The molecule has 0 radical (unpaired) electrons. The van der Waals surface area contributed by atoms with Crippen LogP contribution in [0.1, 0.15) is 30.4 Å². The zero-order valence-electron chi connectivity index (χ0n) is 12.4. The van der Waals surface area contributed by atoms with Gasteiger partial charge in [0.2, 0.25) is 0 Å². The molecule has 0 amide bonds. The predicted octanol–water partition coefficient (Wildman–Crippen LogP) is 4.77. The number of hydrogen-bond acceptors (Lipinski definition) is 1. The van der Waals surface area contributed by atoms with Crippen molar-refractivity contribution in [1.29, 1.82) is 0 Å². The van der Waals surface area contributed by atoms with Crippen LogP contribution in [0.5, 0.6) is 0 Å². The molecule has 1 aliphatic rings. The van der Waals surface area contributed by atoms with E-state index in [-0.39, 0.29) is 0 Å². The second-order valence-corrected chi connectivity index (χ2v) is 6.83. The van der Waals surface area contributed by atoms with Crippen LogP contribution in [0.3, 0.4) is 0 Å². The normalized spacial score (nSPS) is 22.0. The van der Waals surface area contributed by atoms with Gasteiger partial charge in [0, 0.05) is 10.5 Å². The van der Waals surface area contributed by atoms with Crippen LogP contribution < -0.4 is 5.32 Å². The highest BCUT2D eigenvalue weighted by molar-refractivity contribution is 9.10. The summed E-state index contributed by atoms with van der Waals surface area (Å²) in [6, 6.07) is 20.2. The number of rotatable bonds is 6. The fourth-order valence-electron chi connectivity index (χ4n) is 3.30. The Morgan fingerprint density at radius 2 is 1.95 bits per heavy atom. The third kappa shape index (κ3) is 3.75. The van der Waals surface area contributed by atoms with Gasteiger partial charge in [-0.25, -0.2) is 0 Å². The van der Waals surface area contributed by atoms with Gasteiger partial charge < -0.3 is 5.32 Å². The zero-order chi connectivity index (χ0) is 14.7. The monoisotopic (exact) mass is 343 g/mol. The molecule has 110 valence electrons. The number of hydrogen-bond donors (Lipinski definition) is 1. The van der Waals surface area contributed by atoms with Gasteiger partial charge in [0.15, 0.2) is 0 Å². The van der Waals surface area contributed by atoms with Crippen molar-refractivity contribution in [2.45, 2.75) is 31.7 Å². The van der Waals surface area contributed by atoms with Crippen molar-refractivity contribution in [3.63, 3.8) is 0 Å². The van der Waals surface area contributed by atoms with E-state index in [9.17, 15) is 0 Å². The molecule has 3 atom stereocenters. The molecular weight excluding hydrogens is 322 g/mol. The van der Waals surface area contributed by atoms with Crippen LogP contribution in [0.4, 0.5) is 0 Å². The average molecular weight is 344 g/mol. The molecule has 0 aromatic heterocycles. The molecule has 2 aromatic carbocycles. The Morgan fingerprint density at radius 3 is 2.67 bits per heavy atom. The minimum atomic E-state index is 0.578. The molecular formula is C19H22BrN. The van der Waals surface area contributed by atoms with Crippen molar-refractivity contribution < 1.29 is 0 Å². The summed E-state index contributed by atoms with van der Waals surface area (Å²) >= 11 is 3.57. The van der Waals surface area contributed by atoms with Gasteiger partial charge in [-0.2, -0.15) is 0 Å². The topological polar surface area (TPSA) is 12.0 Å². The number of nitrogens with one attached hydrogen (secondary N) is 1. The first-order valence-corrected chi connectivity index (χ1v) is 8.60. The third-order valence-electron chi connectivity index (χ3n) is 4.40. The number of halogens is 1. The largest absolute Gasteiger partial charge is 0.314 e. The second kappa shape index (κ2) is 6.76. The highest BCUT2D eigenvalue weighted by Crippen LogP contribution is 2.50. The van der Waals surface area contributed by atoms with Crippen LogP contribution >= 0.6 is 15.9 Å². The molecule has 1 fully saturated rings. The first-order valence-electron chi connectivity index (χ1n) is 7.80. The lowest BCUT2D eigenvalue weighted by molar-refractivity contribution is 0.464. The van der Waals surface area contributed by atoms with Crippen molar-refractivity contribution >= 4 is 15.9 Å². The zero-order valence-corrected chi connectivity index (χ0v) is 14.0. The highest BCUT2D eigenvalue weighted by atomic mass is 79.9. The molecule has 21 heavy (non-hydrogen) atoms. The van der Waals surface area contributed by atoms with Gasteiger partial charge in [-0.1, -0.05) is 65.3 Å². The van der Waals surface area contributed by atoms with E-state index in [0.717, 1.165) is 24.8 Å². The minimum absolute atomic E-state index is 0.578. The smallest absolute Gasteiger partial charge is 0.0178 e. The van der Waals surface area contributed by atoms with Crippen LogP contribution in [0, 0.1) is 5.92 Å². The van der Waals surface area contributed by atoms with Gasteiger partial charge >= 0.3 is 0 Å². The molecule has 3 rings (SSSR count). The summed E-state index contributed by atoms with van der Waals surface area (Å²) < 4.78 is 1.17. The maximum absolute atomic E-state index is 3.70. The molecule has 1 N–H and O–H groups in total. The van der Waals surface area contributed by atoms with Gasteiger partial charge in [0.25, 0.3) is 0 Å². The van der Waals surface area contributed by atoms with E-state index in [4.69, 9.17) is 0 Å². The van der Waals surface area contributed by atoms with E-state index in [1.807, 2.05) is 0 Å². The van der Waals surface area contributed by atoms with E-state index >= 15 is 0 Å². The molecule has 0 spiro atoms. The maximum atomic E-state index is 3.70. The quantitative estimate of drug-likeness (QED) is 0.796. The van der Waals surface area contributed by atoms with Crippen LogP contribution in [0.25, 0.3) is 0 Å². The lowest BCUT2D eigenvalue weighted by atomic mass is 9.99. The average Bonchev–Trinajstić information content (AvgIpc) is 3.28. The lowest BCUT2D eigenvalue weighted by Crippen LogP contribution is -2.33. The summed E-state index contributed by atoms with van der Waals surface area (Å²) in [6.45, 7) is 3.24. The Labute approximate surface area is 135 Å². The number of benzene rings is 2. The summed E-state index contributed by atoms with van der Waals surface area (Å²) in [5.74, 6) is 1.51. The van der Waals surface area contributed by atoms with Gasteiger partial charge in [0.05, 0.1) is 0 Å². The van der Waals surface area contributed by atoms with E-state index < -0.39 is 0 Å². The lowest BCUT2D eigenvalue weighted by Gasteiger charge is -2.18. The Balaban J connectivity index is 1.69. The summed E-state index contributed by atoms with van der Waals surface area (Å²) in [5.41, 5.74) is 2.91. The molecule has 3 unspecified atom stereocenters. The van der Waals surface area contributed by atoms with Crippen molar-refractivity contribution in [2.75, 3.05) is 6.54 Å². The van der Waals surface area contributed by atoms with Crippen molar-refractivity contribution in [2.24, 2.45) is 5.92 Å². The van der Waals surface area contributed by atoms with Crippen molar-refractivity contribution in [1.82, 2.24) is 5.32 Å². The van der Waals surface area contributed by atoms with Crippen LogP contribution in [0.15, 0.2) is 59.1 Å². The van der Waals surface area contributed by atoms with Gasteiger partial charge in [-0.15, -0.1) is 0 Å². The van der Waals surface area contributed by atoms with E-state index in [0.29, 0.717) is 6.04 Å². The van der Waals surface area contributed by atoms with Gasteiger partial charge in [-0.05, 0) is 54.5 Å². The summed E-state index contributed by atoms with van der Waals surface area (Å²) in [7, 11) is 0. The molecule has 2 aromatic rings. The van der Waals surface area contributed by atoms with Crippen molar-refractivity contribution in [3.05, 3.63) is 70.2 Å².